The summed E-state index contributed by atoms with van der Waals surface area (Å²) in [7, 11) is 3.21. The van der Waals surface area contributed by atoms with E-state index in [1.54, 1.807) is 30.9 Å². The molecule has 6 heteroatoms. The Hall–Kier alpha value is -3.93. The normalized spacial score (nSPS) is 11.1. The number of nitrogens with zero attached hydrogens (tertiary/aromatic N) is 2. The maximum atomic E-state index is 13.2. The molecule has 1 aromatic heterocycles. The number of fused-ring (bicyclic) bond motifs is 1. The Kier molecular flexibility index (Phi) is 6.27. The third kappa shape index (κ3) is 4.51. The molecule has 4 aromatic rings. The molecule has 0 aliphatic rings. The minimum Gasteiger partial charge on any atom is -0.497 e. The van der Waals surface area contributed by atoms with E-state index in [0.29, 0.717) is 29.5 Å². The lowest BCUT2D eigenvalue weighted by Gasteiger charge is -2.15. The Morgan fingerprint density at radius 3 is 2.48 bits per heavy atom. The Bertz CT molecular complexity index is 1370. The third-order valence-electron chi connectivity index (χ3n) is 5.80. The maximum absolute atomic E-state index is 13.2. The lowest BCUT2D eigenvalue weighted by atomic mass is 9.99. The molecule has 0 saturated carbocycles. The van der Waals surface area contributed by atoms with Gasteiger partial charge in [-0.05, 0) is 47.4 Å². The predicted molar refractivity (Wildman–Crippen MR) is 131 cm³/mol. The molecular formula is C27H27N3O3. The van der Waals surface area contributed by atoms with Gasteiger partial charge in [-0.3, -0.25) is 9.36 Å². The summed E-state index contributed by atoms with van der Waals surface area (Å²) < 4.78 is 7.08. The monoisotopic (exact) mass is 441 g/mol. The van der Waals surface area contributed by atoms with Crippen molar-refractivity contribution in [2.75, 3.05) is 14.2 Å². The first-order valence-electron chi connectivity index (χ1n) is 10.9. The van der Waals surface area contributed by atoms with Crippen molar-refractivity contribution in [1.82, 2.24) is 14.9 Å². The van der Waals surface area contributed by atoms with Gasteiger partial charge >= 0.3 is 5.69 Å². The van der Waals surface area contributed by atoms with Gasteiger partial charge in [-0.1, -0.05) is 50.2 Å². The molecule has 0 atom stereocenters. The van der Waals surface area contributed by atoms with Crippen LogP contribution in [0.1, 0.15) is 41.3 Å². The smallest absolute Gasteiger partial charge is 0.348 e. The van der Waals surface area contributed by atoms with E-state index in [4.69, 9.17) is 4.74 Å². The fourth-order valence-corrected chi connectivity index (χ4v) is 3.92. The number of methoxy groups -OCH3 is 1. The standard InChI is InChI=1S/C27H27N3O3/c1-17(2)19-8-10-20(11-9-19)25-23-15-22(33-4)12-13-24(23)30(27(32)29-25)16-18-6-5-7-21(14-18)26(31)28-3/h5-15,17H,16H2,1-4H3,(H,28,31). The number of rotatable bonds is 6. The van der Waals surface area contributed by atoms with Crippen LogP contribution in [-0.4, -0.2) is 29.6 Å². The topological polar surface area (TPSA) is 73.2 Å². The molecule has 0 unspecified atom stereocenters. The van der Waals surface area contributed by atoms with Gasteiger partial charge < -0.3 is 10.1 Å². The Morgan fingerprint density at radius 1 is 1.06 bits per heavy atom. The quantitative estimate of drug-likeness (QED) is 0.475. The van der Waals surface area contributed by atoms with Crippen molar-refractivity contribution in [3.8, 4) is 17.0 Å². The number of aromatic nitrogens is 2. The summed E-state index contributed by atoms with van der Waals surface area (Å²) >= 11 is 0. The highest BCUT2D eigenvalue weighted by atomic mass is 16.5. The zero-order valence-corrected chi connectivity index (χ0v) is 19.3. The first kappa shape index (κ1) is 22.3. The number of hydrogen-bond acceptors (Lipinski definition) is 4. The molecular weight excluding hydrogens is 414 g/mol. The molecule has 168 valence electrons. The van der Waals surface area contributed by atoms with E-state index in [9.17, 15) is 9.59 Å². The molecule has 1 amide bonds. The average Bonchev–Trinajstić information content (AvgIpc) is 2.85. The van der Waals surface area contributed by atoms with Crippen LogP contribution in [0.4, 0.5) is 0 Å². The van der Waals surface area contributed by atoms with Crippen LogP contribution in [0.5, 0.6) is 5.75 Å². The van der Waals surface area contributed by atoms with E-state index in [1.807, 2.05) is 42.5 Å². The van der Waals surface area contributed by atoms with Gasteiger partial charge in [0.25, 0.3) is 5.91 Å². The van der Waals surface area contributed by atoms with Crippen LogP contribution in [0.25, 0.3) is 22.2 Å². The zero-order chi connectivity index (χ0) is 23.5. The van der Waals surface area contributed by atoms with Crippen LogP contribution in [0.15, 0.2) is 71.5 Å². The van der Waals surface area contributed by atoms with Crippen molar-refractivity contribution in [2.45, 2.75) is 26.3 Å². The number of ether oxygens (including phenoxy) is 1. The summed E-state index contributed by atoms with van der Waals surface area (Å²) in [4.78, 5) is 29.7. The van der Waals surface area contributed by atoms with Crippen molar-refractivity contribution in [3.63, 3.8) is 0 Å². The number of benzene rings is 3. The van der Waals surface area contributed by atoms with Crippen LogP contribution in [0.2, 0.25) is 0 Å². The molecule has 4 rings (SSSR count). The predicted octanol–water partition coefficient (Wildman–Crippen LogP) is 4.60. The molecule has 0 bridgehead atoms. The zero-order valence-electron chi connectivity index (χ0n) is 19.3. The van der Waals surface area contributed by atoms with Crippen LogP contribution in [-0.2, 0) is 6.54 Å². The van der Waals surface area contributed by atoms with Crippen molar-refractivity contribution in [2.24, 2.45) is 0 Å². The molecule has 1 N–H and O–H groups in total. The van der Waals surface area contributed by atoms with Gasteiger partial charge in [0.15, 0.2) is 0 Å². The molecule has 0 radical (unpaired) electrons. The fraction of sp³-hybridized carbons (Fsp3) is 0.222. The molecule has 0 fully saturated rings. The highest BCUT2D eigenvalue weighted by Crippen LogP contribution is 2.30. The first-order chi connectivity index (χ1) is 15.9. The molecule has 6 nitrogen and oxygen atoms in total. The van der Waals surface area contributed by atoms with Crippen LogP contribution in [0, 0.1) is 0 Å². The lowest BCUT2D eigenvalue weighted by Crippen LogP contribution is -2.25. The summed E-state index contributed by atoms with van der Waals surface area (Å²) in [5.41, 5.74) is 4.52. The molecule has 0 saturated heterocycles. The van der Waals surface area contributed by atoms with Gasteiger partial charge in [-0.15, -0.1) is 0 Å². The van der Waals surface area contributed by atoms with Gasteiger partial charge in [0.1, 0.15) is 5.75 Å². The van der Waals surface area contributed by atoms with Crippen LogP contribution >= 0.6 is 0 Å². The summed E-state index contributed by atoms with van der Waals surface area (Å²) in [6.07, 6.45) is 0. The largest absolute Gasteiger partial charge is 0.497 e. The maximum Gasteiger partial charge on any atom is 0.348 e. The molecule has 0 aliphatic heterocycles. The molecule has 0 aliphatic carbocycles. The number of nitrogens with one attached hydrogen (secondary N) is 1. The third-order valence-corrected chi connectivity index (χ3v) is 5.80. The average molecular weight is 442 g/mol. The Balaban J connectivity index is 1.86. The van der Waals surface area contributed by atoms with Crippen molar-refractivity contribution >= 4 is 16.8 Å². The minimum absolute atomic E-state index is 0.169. The fourth-order valence-electron chi connectivity index (χ4n) is 3.92. The van der Waals surface area contributed by atoms with E-state index >= 15 is 0 Å². The van der Waals surface area contributed by atoms with Gasteiger partial charge in [0.05, 0.1) is 24.9 Å². The highest BCUT2D eigenvalue weighted by molar-refractivity contribution is 5.94. The second kappa shape index (κ2) is 9.28. The molecule has 0 spiro atoms. The molecule has 33 heavy (non-hydrogen) atoms. The van der Waals surface area contributed by atoms with Crippen LogP contribution < -0.4 is 15.7 Å². The van der Waals surface area contributed by atoms with Gasteiger partial charge in [-0.2, -0.15) is 4.98 Å². The number of hydrogen-bond donors (Lipinski definition) is 1. The molecule has 1 heterocycles. The second-order valence-corrected chi connectivity index (χ2v) is 8.27. The Labute approximate surface area is 192 Å². The van der Waals surface area contributed by atoms with E-state index in [0.717, 1.165) is 22.0 Å². The number of carbonyl (C=O) groups excluding carboxylic acids is 1. The number of carbonyl (C=O) groups is 1. The number of amides is 1. The second-order valence-electron chi connectivity index (χ2n) is 8.27. The minimum atomic E-state index is -0.346. The van der Waals surface area contributed by atoms with Crippen molar-refractivity contribution < 1.29 is 9.53 Å². The van der Waals surface area contributed by atoms with Gasteiger partial charge in [0.2, 0.25) is 0 Å². The summed E-state index contributed by atoms with van der Waals surface area (Å²) in [5, 5.41) is 3.46. The van der Waals surface area contributed by atoms with E-state index in [2.05, 4.69) is 36.3 Å². The van der Waals surface area contributed by atoms with E-state index in [-0.39, 0.29) is 11.6 Å². The van der Waals surface area contributed by atoms with E-state index < -0.39 is 0 Å². The molecule has 3 aromatic carbocycles. The van der Waals surface area contributed by atoms with Crippen molar-refractivity contribution in [3.05, 3.63) is 93.9 Å². The summed E-state index contributed by atoms with van der Waals surface area (Å²) in [5.74, 6) is 0.940. The first-order valence-corrected chi connectivity index (χ1v) is 10.9. The summed E-state index contributed by atoms with van der Waals surface area (Å²) in [6.45, 7) is 4.59. The van der Waals surface area contributed by atoms with Gasteiger partial charge in [0, 0.05) is 23.6 Å². The lowest BCUT2D eigenvalue weighted by molar-refractivity contribution is 0.0963. The van der Waals surface area contributed by atoms with E-state index in [1.165, 1.54) is 5.56 Å². The summed E-state index contributed by atoms with van der Waals surface area (Å²) in [6, 6.07) is 21.0. The van der Waals surface area contributed by atoms with Gasteiger partial charge in [-0.25, -0.2) is 4.79 Å². The highest BCUT2D eigenvalue weighted by Gasteiger charge is 2.15. The van der Waals surface area contributed by atoms with Crippen LogP contribution in [0.3, 0.4) is 0 Å². The Morgan fingerprint density at radius 2 is 1.82 bits per heavy atom. The van der Waals surface area contributed by atoms with Crippen molar-refractivity contribution in [1.29, 1.82) is 0 Å². The SMILES string of the molecule is CNC(=O)c1cccc(Cn2c(=O)nc(-c3ccc(C(C)C)cc3)c3cc(OC)ccc32)c1.